The Morgan fingerprint density at radius 2 is 1.50 bits per heavy atom. The van der Waals surface area contributed by atoms with Gasteiger partial charge in [0.2, 0.25) is 0 Å². The highest BCUT2D eigenvalue weighted by Crippen LogP contribution is 1.55. The minimum absolute atomic E-state index is 0. The highest BCUT2D eigenvalue weighted by atomic mass is 27.2. The zero-order chi connectivity index (χ0) is 4.12. The standard InChI is InChI=1S/2CH3O.Al.H2O/c2*1-2;;/h2*1H3;;1H2/q2*-1;+2;. The van der Waals surface area contributed by atoms with Gasteiger partial charge in [0.1, 0.15) is 0 Å². The molecule has 1 radical (unpaired) electrons. The number of hydrogen-bond donors (Lipinski definition) is 0. The van der Waals surface area contributed by atoms with Gasteiger partial charge in [-0.15, -0.1) is 0 Å². The van der Waals surface area contributed by atoms with Crippen molar-refractivity contribution in [2.75, 3.05) is 14.2 Å². The lowest BCUT2D eigenvalue weighted by Crippen LogP contribution is -1.93. The van der Waals surface area contributed by atoms with E-state index in [4.69, 9.17) is 0 Å². The summed E-state index contributed by atoms with van der Waals surface area (Å²) >= 11 is -0.185. The van der Waals surface area contributed by atoms with E-state index in [0.717, 1.165) is 0 Å². The molecule has 0 fully saturated rings. The van der Waals surface area contributed by atoms with Crippen LogP contribution in [-0.2, 0) is 7.58 Å². The van der Waals surface area contributed by atoms with Crippen LogP contribution in [0.4, 0.5) is 0 Å². The molecule has 0 saturated carbocycles. The van der Waals surface area contributed by atoms with Crippen molar-refractivity contribution < 1.29 is 13.1 Å². The van der Waals surface area contributed by atoms with Crippen LogP contribution in [0, 0.1) is 0 Å². The highest BCUT2D eigenvalue weighted by Gasteiger charge is 1.81. The third-order valence-electron chi connectivity index (χ3n) is 0.192. The molecule has 0 spiro atoms. The van der Waals surface area contributed by atoms with E-state index in [2.05, 4.69) is 7.58 Å². The van der Waals surface area contributed by atoms with Crippen LogP contribution in [-0.4, -0.2) is 35.6 Å². The smallest absolute Gasteiger partial charge is 0.486 e. The Morgan fingerprint density at radius 3 is 1.50 bits per heavy atom. The monoisotopic (exact) mass is 107 g/mol. The molecule has 0 aromatic rings. The van der Waals surface area contributed by atoms with Crippen molar-refractivity contribution >= 4 is 15.9 Å². The Balaban J connectivity index is 0. The second kappa shape index (κ2) is 9.05. The molecule has 6 heavy (non-hydrogen) atoms. The van der Waals surface area contributed by atoms with Gasteiger partial charge in [-0.2, -0.15) is 0 Å². The van der Waals surface area contributed by atoms with Crippen molar-refractivity contribution in [3.63, 3.8) is 0 Å². The fraction of sp³-hybridized carbons (Fsp3) is 1.00. The Morgan fingerprint density at radius 1 is 1.17 bits per heavy atom. The van der Waals surface area contributed by atoms with Gasteiger partial charge < -0.3 is 13.1 Å². The molecular weight excluding hydrogens is 99.0 g/mol. The van der Waals surface area contributed by atoms with Crippen LogP contribution in [0.5, 0.6) is 0 Å². The van der Waals surface area contributed by atoms with Gasteiger partial charge in [0.25, 0.3) is 0 Å². The summed E-state index contributed by atoms with van der Waals surface area (Å²) in [5, 5.41) is 0. The molecule has 0 unspecified atom stereocenters. The van der Waals surface area contributed by atoms with Gasteiger partial charge in [-0.1, -0.05) is 0 Å². The number of rotatable bonds is 2. The summed E-state index contributed by atoms with van der Waals surface area (Å²) in [6.45, 7) is 0. The molecule has 0 amide bonds. The van der Waals surface area contributed by atoms with E-state index in [9.17, 15) is 0 Å². The summed E-state index contributed by atoms with van der Waals surface area (Å²) < 4.78 is 9.10. The average Bonchev–Trinajstić information content (AvgIpc) is 1.41. The van der Waals surface area contributed by atoms with Crippen LogP contribution in [0.2, 0.25) is 0 Å². The van der Waals surface area contributed by atoms with E-state index in [-0.39, 0.29) is 21.4 Å². The predicted molar refractivity (Wildman–Crippen MR) is 23.4 cm³/mol. The van der Waals surface area contributed by atoms with Gasteiger partial charge in [0, 0.05) is 14.2 Å². The van der Waals surface area contributed by atoms with Crippen LogP contribution in [0.3, 0.4) is 0 Å². The van der Waals surface area contributed by atoms with E-state index in [1.165, 1.54) is 0 Å². The fourth-order valence-electron chi connectivity index (χ4n) is 0.0962. The maximum absolute atomic E-state index is 4.55. The summed E-state index contributed by atoms with van der Waals surface area (Å²) in [5.74, 6) is 0. The lowest BCUT2D eigenvalue weighted by atomic mass is 11.8. The second-order valence-corrected chi connectivity index (χ2v) is 1.70. The second-order valence-electron chi connectivity index (χ2n) is 0.568. The lowest BCUT2D eigenvalue weighted by Gasteiger charge is -1.83. The topological polar surface area (TPSA) is 50.0 Å². The zero-order valence-electron chi connectivity index (χ0n) is 3.89. The molecule has 4 heteroatoms. The van der Waals surface area contributed by atoms with E-state index in [1.807, 2.05) is 0 Å². The van der Waals surface area contributed by atoms with Crippen LogP contribution in [0.1, 0.15) is 0 Å². The first-order chi connectivity index (χ1) is 2.41. The maximum Gasteiger partial charge on any atom is 0.667 e. The van der Waals surface area contributed by atoms with Gasteiger partial charge in [0.15, 0.2) is 0 Å². The molecule has 0 atom stereocenters. The zero-order valence-corrected chi connectivity index (χ0v) is 5.05. The van der Waals surface area contributed by atoms with Crippen LogP contribution < -0.4 is 0 Å². The molecule has 0 aliphatic carbocycles. The molecule has 0 bridgehead atoms. The molecule has 0 aromatic carbocycles. The van der Waals surface area contributed by atoms with Crippen LogP contribution in [0.25, 0.3) is 0 Å². The molecule has 2 N–H and O–H groups in total. The Hall–Kier alpha value is 0.412. The van der Waals surface area contributed by atoms with Crippen molar-refractivity contribution in [1.29, 1.82) is 0 Å². The summed E-state index contributed by atoms with van der Waals surface area (Å²) in [6.07, 6.45) is 0. The van der Waals surface area contributed by atoms with E-state index in [0.29, 0.717) is 0 Å². The van der Waals surface area contributed by atoms with Crippen molar-refractivity contribution in [3.05, 3.63) is 0 Å². The molecule has 0 saturated heterocycles. The van der Waals surface area contributed by atoms with Crippen molar-refractivity contribution in [1.82, 2.24) is 0 Å². The van der Waals surface area contributed by atoms with E-state index in [1.54, 1.807) is 14.2 Å². The largest absolute Gasteiger partial charge is 0.667 e. The van der Waals surface area contributed by atoms with Crippen LogP contribution in [0.15, 0.2) is 0 Å². The van der Waals surface area contributed by atoms with E-state index < -0.39 is 0 Å². The summed E-state index contributed by atoms with van der Waals surface area (Å²) in [6, 6.07) is 0. The molecule has 0 aromatic heterocycles. The van der Waals surface area contributed by atoms with Crippen molar-refractivity contribution in [2.24, 2.45) is 0 Å². The minimum Gasteiger partial charge on any atom is -0.486 e. The SMILES string of the molecule is C[O][Al][O]C.O. The van der Waals surface area contributed by atoms with Crippen molar-refractivity contribution in [3.8, 4) is 0 Å². The van der Waals surface area contributed by atoms with Gasteiger partial charge in [0.05, 0.1) is 0 Å². The molecule has 0 rings (SSSR count). The molecule has 0 aliphatic heterocycles. The summed E-state index contributed by atoms with van der Waals surface area (Å²) in [5.41, 5.74) is 0. The average molecular weight is 107 g/mol. The molecule has 0 heterocycles. The van der Waals surface area contributed by atoms with Crippen LogP contribution >= 0.6 is 0 Å². The fourth-order valence-corrected chi connectivity index (χ4v) is 0.289. The first kappa shape index (κ1) is 9.65. The molecular formula is C2H8AlO3. The third kappa shape index (κ3) is 8.83. The molecule has 3 nitrogen and oxygen atoms in total. The Bertz CT molecular complexity index is 16.3. The minimum atomic E-state index is -0.185. The van der Waals surface area contributed by atoms with Gasteiger partial charge >= 0.3 is 15.9 Å². The Labute approximate surface area is 43.9 Å². The summed E-state index contributed by atoms with van der Waals surface area (Å²) in [7, 11) is 3.25. The summed E-state index contributed by atoms with van der Waals surface area (Å²) in [4.78, 5) is 0. The maximum atomic E-state index is 4.55. The molecule has 0 aliphatic rings. The van der Waals surface area contributed by atoms with Gasteiger partial charge in [-0.05, 0) is 0 Å². The van der Waals surface area contributed by atoms with Gasteiger partial charge in [-0.25, -0.2) is 0 Å². The normalized spacial score (nSPS) is 6.33. The predicted octanol–water partition coefficient (Wildman–Crippen LogP) is -1.01. The van der Waals surface area contributed by atoms with Gasteiger partial charge in [-0.3, -0.25) is 0 Å². The quantitative estimate of drug-likeness (QED) is 0.424. The molecule has 37 valence electrons. The first-order valence-electron chi connectivity index (χ1n) is 1.29. The lowest BCUT2D eigenvalue weighted by molar-refractivity contribution is 0.309. The van der Waals surface area contributed by atoms with Crippen molar-refractivity contribution in [2.45, 2.75) is 0 Å². The first-order valence-corrected chi connectivity index (χ1v) is 2.23. The number of hydrogen-bond acceptors (Lipinski definition) is 2. The van der Waals surface area contributed by atoms with E-state index >= 15 is 0 Å². The highest BCUT2D eigenvalue weighted by molar-refractivity contribution is 6.17. The Kier molecular flexibility index (Phi) is 14.6. The third-order valence-corrected chi connectivity index (χ3v) is 0.577.